The number of phenolic OH excluding ortho intramolecular Hbond substituents is 1. The van der Waals surface area contributed by atoms with Crippen molar-refractivity contribution in [3.63, 3.8) is 0 Å². The van der Waals surface area contributed by atoms with E-state index in [1.807, 2.05) is 18.6 Å². The molecule has 0 aromatic heterocycles. The second kappa shape index (κ2) is 9.82. The van der Waals surface area contributed by atoms with Crippen molar-refractivity contribution in [3.05, 3.63) is 79.7 Å². The van der Waals surface area contributed by atoms with Gasteiger partial charge >= 0.3 is 0 Å². The van der Waals surface area contributed by atoms with E-state index in [1.165, 1.54) is 36.4 Å². The monoisotopic (exact) mass is 601 g/mol. The number of phenols is 1. The summed E-state index contributed by atoms with van der Waals surface area (Å²) in [4.78, 5) is 12.5. The molecular weight excluding hydrogens is 586 g/mol. The standard InChI is InChI=1S/C22H18Br2ClNO5S/c1-12(2)17-11-15(5-8-20(17)27)31-21-18(23)9-13(10-19(21)24)22(28)26-32(29,30)16-6-3-14(25)4-7-16/h3-12,27H,1-2H3,(H,26,28). The topological polar surface area (TPSA) is 92.7 Å². The predicted octanol–water partition coefficient (Wildman–Crippen LogP) is 6.61. The number of nitrogens with one attached hydrogen (secondary N) is 1. The van der Waals surface area contributed by atoms with Crippen molar-refractivity contribution in [1.29, 1.82) is 0 Å². The van der Waals surface area contributed by atoms with E-state index in [2.05, 4.69) is 31.9 Å². The minimum absolute atomic E-state index is 0.0818. The van der Waals surface area contributed by atoms with Crippen LogP contribution in [-0.2, 0) is 10.0 Å². The van der Waals surface area contributed by atoms with E-state index in [0.717, 1.165) is 5.56 Å². The average molecular weight is 604 g/mol. The molecule has 32 heavy (non-hydrogen) atoms. The molecule has 2 N–H and O–H groups in total. The maximum atomic E-state index is 12.6. The molecule has 3 aromatic rings. The number of ether oxygens (including phenoxy) is 1. The van der Waals surface area contributed by atoms with Gasteiger partial charge in [0.05, 0.1) is 13.8 Å². The van der Waals surface area contributed by atoms with Gasteiger partial charge < -0.3 is 9.84 Å². The van der Waals surface area contributed by atoms with Crippen LogP contribution in [0.2, 0.25) is 5.02 Å². The van der Waals surface area contributed by atoms with Crippen LogP contribution in [0.4, 0.5) is 0 Å². The first-order valence-electron chi connectivity index (χ1n) is 9.30. The van der Waals surface area contributed by atoms with Crippen molar-refractivity contribution in [1.82, 2.24) is 4.72 Å². The number of amides is 1. The summed E-state index contributed by atoms with van der Waals surface area (Å²) >= 11 is 12.5. The molecule has 3 aromatic carbocycles. The van der Waals surface area contributed by atoms with Crippen LogP contribution in [0.15, 0.2) is 68.4 Å². The summed E-state index contributed by atoms with van der Waals surface area (Å²) in [5.74, 6) is 0.357. The minimum atomic E-state index is -4.07. The van der Waals surface area contributed by atoms with Crippen LogP contribution >= 0.6 is 43.5 Å². The number of hydrogen-bond acceptors (Lipinski definition) is 5. The summed E-state index contributed by atoms with van der Waals surface area (Å²) in [6.45, 7) is 3.91. The summed E-state index contributed by atoms with van der Waals surface area (Å²) in [5, 5.41) is 10.4. The van der Waals surface area contributed by atoms with E-state index in [9.17, 15) is 18.3 Å². The smallest absolute Gasteiger partial charge is 0.265 e. The molecule has 0 saturated heterocycles. The van der Waals surface area contributed by atoms with Crippen LogP contribution in [0.1, 0.15) is 35.7 Å². The quantitative estimate of drug-likeness (QED) is 0.331. The molecule has 0 spiro atoms. The molecule has 0 saturated carbocycles. The molecule has 0 radical (unpaired) electrons. The lowest BCUT2D eigenvalue weighted by Crippen LogP contribution is -2.30. The van der Waals surface area contributed by atoms with Crippen molar-refractivity contribution in [2.75, 3.05) is 0 Å². The Hall–Kier alpha value is -2.07. The van der Waals surface area contributed by atoms with Crippen molar-refractivity contribution in [3.8, 4) is 17.2 Å². The molecule has 0 aliphatic rings. The highest BCUT2D eigenvalue weighted by atomic mass is 79.9. The summed E-state index contributed by atoms with van der Waals surface area (Å²) in [6, 6.07) is 13.3. The Morgan fingerprint density at radius 3 is 2.19 bits per heavy atom. The van der Waals surface area contributed by atoms with Crippen LogP contribution < -0.4 is 9.46 Å². The van der Waals surface area contributed by atoms with Crippen molar-refractivity contribution in [2.45, 2.75) is 24.7 Å². The van der Waals surface area contributed by atoms with Crippen LogP contribution in [-0.4, -0.2) is 19.4 Å². The highest BCUT2D eigenvalue weighted by molar-refractivity contribution is 9.11. The van der Waals surface area contributed by atoms with E-state index in [1.54, 1.807) is 18.2 Å². The predicted molar refractivity (Wildman–Crippen MR) is 130 cm³/mol. The molecular formula is C22H18Br2ClNO5S. The zero-order chi connectivity index (χ0) is 23.6. The highest BCUT2D eigenvalue weighted by Gasteiger charge is 2.21. The zero-order valence-electron chi connectivity index (χ0n) is 16.9. The molecule has 6 nitrogen and oxygen atoms in total. The molecule has 10 heteroatoms. The van der Waals surface area contributed by atoms with Crippen molar-refractivity contribution in [2.24, 2.45) is 0 Å². The van der Waals surface area contributed by atoms with Crippen LogP contribution in [0.5, 0.6) is 17.2 Å². The summed E-state index contributed by atoms with van der Waals surface area (Å²) < 4.78 is 33.8. The lowest BCUT2D eigenvalue weighted by atomic mass is 10.0. The van der Waals surface area contributed by atoms with E-state index < -0.39 is 15.9 Å². The van der Waals surface area contributed by atoms with Gasteiger partial charge in [0, 0.05) is 16.1 Å². The van der Waals surface area contributed by atoms with Crippen LogP contribution in [0, 0.1) is 0 Å². The average Bonchev–Trinajstić information content (AvgIpc) is 2.71. The van der Waals surface area contributed by atoms with Gasteiger partial charge in [-0.2, -0.15) is 0 Å². The largest absolute Gasteiger partial charge is 0.508 e. The van der Waals surface area contributed by atoms with Gasteiger partial charge in [0.2, 0.25) is 0 Å². The third-order valence-corrected chi connectivity index (χ3v) is 7.23. The van der Waals surface area contributed by atoms with Crippen molar-refractivity contribution >= 4 is 59.4 Å². The molecule has 0 aliphatic carbocycles. The molecule has 0 bridgehead atoms. The molecule has 0 aliphatic heterocycles. The fraction of sp³-hybridized carbons (Fsp3) is 0.136. The lowest BCUT2D eigenvalue weighted by Gasteiger charge is -2.15. The van der Waals surface area contributed by atoms with Crippen LogP contribution in [0.25, 0.3) is 0 Å². The Kier molecular flexibility index (Phi) is 7.54. The molecule has 168 valence electrons. The number of carbonyl (C=O) groups excluding carboxylic acids is 1. The van der Waals surface area contributed by atoms with Gasteiger partial charge in [0.25, 0.3) is 15.9 Å². The number of aromatic hydroxyl groups is 1. The maximum Gasteiger partial charge on any atom is 0.265 e. The normalized spacial score (nSPS) is 11.4. The van der Waals surface area contributed by atoms with Gasteiger partial charge in [-0.15, -0.1) is 0 Å². The third kappa shape index (κ3) is 5.64. The first-order valence-corrected chi connectivity index (χ1v) is 12.7. The van der Waals surface area contributed by atoms with Gasteiger partial charge in [-0.25, -0.2) is 13.1 Å². The summed E-state index contributed by atoms with van der Waals surface area (Å²) in [5.41, 5.74) is 0.834. The first-order chi connectivity index (χ1) is 15.0. The Balaban J connectivity index is 1.85. The Morgan fingerprint density at radius 1 is 1.03 bits per heavy atom. The molecule has 1 amide bonds. The van der Waals surface area contributed by atoms with Crippen LogP contribution in [0.3, 0.4) is 0 Å². The molecule has 3 rings (SSSR count). The number of benzene rings is 3. The molecule has 0 unspecified atom stereocenters. The fourth-order valence-electron chi connectivity index (χ4n) is 2.82. The van der Waals surface area contributed by atoms with Gasteiger partial charge in [-0.1, -0.05) is 25.4 Å². The van der Waals surface area contributed by atoms with E-state index in [-0.39, 0.29) is 22.1 Å². The van der Waals surface area contributed by atoms with Gasteiger partial charge in [0.15, 0.2) is 5.75 Å². The molecule has 0 heterocycles. The minimum Gasteiger partial charge on any atom is -0.508 e. The Labute approximate surface area is 207 Å². The number of halogens is 3. The molecule has 0 atom stereocenters. The van der Waals surface area contributed by atoms with Crippen molar-refractivity contribution < 1.29 is 23.1 Å². The maximum absolute atomic E-state index is 12.6. The Bertz CT molecular complexity index is 1250. The second-order valence-corrected chi connectivity index (χ2v) is 11.0. The summed E-state index contributed by atoms with van der Waals surface area (Å²) in [6.07, 6.45) is 0. The third-order valence-electron chi connectivity index (χ3n) is 4.45. The highest BCUT2D eigenvalue weighted by Crippen LogP contribution is 2.39. The van der Waals surface area contributed by atoms with E-state index in [4.69, 9.17) is 16.3 Å². The summed E-state index contributed by atoms with van der Waals surface area (Å²) in [7, 11) is -4.07. The number of hydrogen-bond donors (Lipinski definition) is 2. The van der Waals surface area contributed by atoms with E-state index >= 15 is 0 Å². The van der Waals surface area contributed by atoms with Gasteiger partial charge in [-0.3, -0.25) is 4.79 Å². The van der Waals surface area contributed by atoms with Gasteiger partial charge in [0.1, 0.15) is 11.5 Å². The Morgan fingerprint density at radius 2 is 1.62 bits per heavy atom. The number of carbonyl (C=O) groups is 1. The first kappa shape index (κ1) is 24.6. The number of sulfonamides is 1. The van der Waals surface area contributed by atoms with Gasteiger partial charge in [-0.05, 0) is 92.4 Å². The van der Waals surface area contributed by atoms with E-state index in [0.29, 0.717) is 25.5 Å². The zero-order valence-corrected chi connectivity index (χ0v) is 21.6. The second-order valence-electron chi connectivity index (χ2n) is 7.13. The SMILES string of the molecule is CC(C)c1cc(Oc2c(Br)cc(C(=O)NS(=O)(=O)c3ccc(Cl)cc3)cc2Br)ccc1O. The lowest BCUT2D eigenvalue weighted by molar-refractivity contribution is 0.0981. The fourth-order valence-corrected chi connectivity index (χ4v) is 5.27. The number of rotatable bonds is 6. The molecule has 0 fully saturated rings.